The van der Waals surface area contributed by atoms with Crippen molar-refractivity contribution in [3.8, 4) is 0 Å². The zero-order valence-electron chi connectivity index (χ0n) is 16.8. The molecule has 0 aliphatic heterocycles. The van der Waals surface area contributed by atoms with Gasteiger partial charge in [0.15, 0.2) is 5.65 Å². The molecule has 0 spiro atoms. The van der Waals surface area contributed by atoms with Gasteiger partial charge in [-0.3, -0.25) is 9.20 Å². The Morgan fingerprint density at radius 1 is 1.06 bits per heavy atom. The number of hydrogen-bond acceptors (Lipinski definition) is 3. The maximum Gasteiger partial charge on any atom is 0.350 e. The number of fused-ring (bicyclic) bond motifs is 1. The van der Waals surface area contributed by atoms with Gasteiger partial charge in [0.2, 0.25) is 5.91 Å². The molecule has 0 saturated heterocycles. The van der Waals surface area contributed by atoms with Crippen molar-refractivity contribution >= 4 is 28.8 Å². The van der Waals surface area contributed by atoms with Crippen molar-refractivity contribution in [2.24, 2.45) is 0 Å². The van der Waals surface area contributed by atoms with Crippen molar-refractivity contribution in [1.82, 2.24) is 14.2 Å². The fourth-order valence-corrected chi connectivity index (χ4v) is 4.31. The summed E-state index contributed by atoms with van der Waals surface area (Å²) < 4.78 is 2.94. The molecule has 1 N–H and O–H groups in total. The van der Waals surface area contributed by atoms with E-state index in [-0.39, 0.29) is 11.6 Å². The Kier molecular flexibility index (Phi) is 4.87. The Morgan fingerprint density at radius 2 is 1.87 bits per heavy atom. The first-order valence-electron chi connectivity index (χ1n) is 10.3. The fraction of sp³-hybridized carbons (Fsp3) is 0.208. The van der Waals surface area contributed by atoms with E-state index in [9.17, 15) is 9.59 Å². The van der Waals surface area contributed by atoms with Crippen LogP contribution >= 0.6 is 11.6 Å². The second-order valence-electron chi connectivity index (χ2n) is 7.97. The minimum atomic E-state index is -0.515. The summed E-state index contributed by atoms with van der Waals surface area (Å²) in [6.07, 6.45) is 4.35. The van der Waals surface area contributed by atoms with Crippen LogP contribution in [0.2, 0.25) is 5.02 Å². The number of hydrogen-bond donors (Lipinski definition) is 1. The van der Waals surface area contributed by atoms with E-state index in [2.05, 4.69) is 10.4 Å². The van der Waals surface area contributed by atoms with Crippen LogP contribution in [0, 0.1) is 0 Å². The van der Waals surface area contributed by atoms with Gasteiger partial charge >= 0.3 is 5.69 Å². The normalized spacial score (nSPS) is 14.9. The number of aromatic nitrogens is 3. The molecule has 0 bridgehead atoms. The highest BCUT2D eigenvalue weighted by Crippen LogP contribution is 2.44. The molecule has 1 saturated carbocycles. The highest BCUT2D eigenvalue weighted by atomic mass is 35.5. The van der Waals surface area contributed by atoms with Crippen LogP contribution in [0.4, 0.5) is 5.69 Å². The van der Waals surface area contributed by atoms with Crippen molar-refractivity contribution in [1.29, 1.82) is 0 Å². The largest absolute Gasteiger partial charge is 0.350 e. The maximum absolute atomic E-state index is 13.2. The van der Waals surface area contributed by atoms with Gasteiger partial charge in [0.05, 0.1) is 12.0 Å². The molecular weight excluding hydrogens is 412 g/mol. The van der Waals surface area contributed by atoms with Crippen LogP contribution in [-0.4, -0.2) is 20.1 Å². The number of nitrogens with zero attached hydrogens (tertiary/aromatic N) is 3. The maximum atomic E-state index is 13.2. The SMILES string of the molecule is O=C(Nc1cccc(Cn2nc3ccccn3c2=O)c1)C1(c2ccc(Cl)cc2)CCC1. The van der Waals surface area contributed by atoms with Crippen molar-refractivity contribution in [2.45, 2.75) is 31.2 Å². The lowest BCUT2D eigenvalue weighted by atomic mass is 9.64. The Labute approximate surface area is 184 Å². The third kappa shape index (κ3) is 3.53. The zero-order chi connectivity index (χ0) is 21.4. The van der Waals surface area contributed by atoms with Crippen molar-refractivity contribution < 1.29 is 4.79 Å². The van der Waals surface area contributed by atoms with E-state index in [1.165, 1.54) is 9.08 Å². The number of anilines is 1. The molecule has 7 heteroatoms. The zero-order valence-corrected chi connectivity index (χ0v) is 17.5. The Balaban J connectivity index is 1.37. The minimum absolute atomic E-state index is 0.0110. The number of amides is 1. The highest BCUT2D eigenvalue weighted by Gasteiger charge is 2.45. The second kappa shape index (κ2) is 7.71. The minimum Gasteiger partial charge on any atom is -0.325 e. The third-order valence-electron chi connectivity index (χ3n) is 6.04. The van der Waals surface area contributed by atoms with E-state index in [1.807, 2.05) is 54.6 Å². The van der Waals surface area contributed by atoms with Gasteiger partial charge in [0, 0.05) is 16.9 Å². The Morgan fingerprint density at radius 3 is 2.58 bits per heavy atom. The highest BCUT2D eigenvalue weighted by molar-refractivity contribution is 6.30. The van der Waals surface area contributed by atoms with Crippen LogP contribution in [0.5, 0.6) is 0 Å². The summed E-state index contributed by atoms with van der Waals surface area (Å²) in [7, 11) is 0. The second-order valence-corrected chi connectivity index (χ2v) is 8.40. The number of carbonyl (C=O) groups excluding carboxylic acids is 1. The first-order chi connectivity index (χ1) is 15.0. The van der Waals surface area contributed by atoms with Gasteiger partial charge in [0.1, 0.15) is 0 Å². The van der Waals surface area contributed by atoms with Crippen molar-refractivity contribution in [3.63, 3.8) is 0 Å². The number of pyridine rings is 1. The van der Waals surface area contributed by atoms with E-state index in [4.69, 9.17) is 11.6 Å². The van der Waals surface area contributed by atoms with Crippen LogP contribution in [0.15, 0.2) is 77.7 Å². The number of rotatable bonds is 5. The molecule has 156 valence electrons. The average Bonchev–Trinajstić information content (AvgIpc) is 3.04. The molecule has 2 heterocycles. The molecule has 5 rings (SSSR count). The summed E-state index contributed by atoms with van der Waals surface area (Å²) in [4.78, 5) is 25.8. The van der Waals surface area contributed by atoms with Gasteiger partial charge in [-0.1, -0.05) is 48.4 Å². The van der Waals surface area contributed by atoms with E-state index in [0.717, 1.165) is 30.4 Å². The monoisotopic (exact) mass is 432 g/mol. The van der Waals surface area contributed by atoms with Gasteiger partial charge in [-0.25, -0.2) is 9.48 Å². The lowest BCUT2D eigenvalue weighted by Crippen LogP contribution is -2.46. The van der Waals surface area contributed by atoms with Crippen LogP contribution in [-0.2, 0) is 16.8 Å². The summed E-state index contributed by atoms with van der Waals surface area (Å²) in [6.45, 7) is 0.326. The van der Waals surface area contributed by atoms with Gasteiger partial charge < -0.3 is 5.32 Å². The fourth-order valence-electron chi connectivity index (χ4n) is 4.19. The summed E-state index contributed by atoms with van der Waals surface area (Å²) in [5, 5.41) is 8.12. The predicted octanol–water partition coefficient (Wildman–Crippen LogP) is 4.26. The van der Waals surface area contributed by atoms with Crippen molar-refractivity contribution in [2.75, 3.05) is 5.32 Å². The molecule has 6 nitrogen and oxygen atoms in total. The summed E-state index contributed by atoms with van der Waals surface area (Å²) in [5.41, 5.74) is 2.48. The van der Waals surface area contributed by atoms with Crippen molar-refractivity contribution in [3.05, 3.63) is 99.6 Å². The van der Waals surface area contributed by atoms with Crippen LogP contribution in [0.3, 0.4) is 0 Å². The lowest BCUT2D eigenvalue weighted by Gasteiger charge is -2.40. The first kappa shape index (κ1) is 19.6. The molecule has 2 aromatic heterocycles. The molecule has 1 aliphatic carbocycles. The quantitative estimate of drug-likeness (QED) is 0.512. The molecule has 2 aromatic carbocycles. The molecule has 4 aromatic rings. The Hall–Kier alpha value is -3.38. The molecule has 0 unspecified atom stereocenters. The lowest BCUT2D eigenvalue weighted by molar-refractivity contribution is -0.124. The van der Waals surface area contributed by atoms with E-state index in [1.54, 1.807) is 18.3 Å². The van der Waals surface area contributed by atoms with Gasteiger partial charge in [-0.15, -0.1) is 5.10 Å². The van der Waals surface area contributed by atoms with E-state index in [0.29, 0.717) is 22.9 Å². The van der Waals surface area contributed by atoms with Gasteiger partial charge in [-0.05, 0) is 60.4 Å². The molecule has 0 atom stereocenters. The standard InChI is InChI=1S/C24H21ClN4O2/c25-19-10-8-18(9-11-19)24(12-4-13-24)22(30)26-20-6-3-5-17(15-20)16-29-23(31)28-14-2-1-7-21(28)27-29/h1-3,5-11,14-15H,4,12-13,16H2,(H,26,30). The summed E-state index contributed by atoms with van der Waals surface area (Å²) in [6, 6.07) is 20.5. The van der Waals surface area contributed by atoms with E-state index >= 15 is 0 Å². The predicted molar refractivity (Wildman–Crippen MR) is 121 cm³/mol. The summed E-state index contributed by atoms with van der Waals surface area (Å²) >= 11 is 6.02. The van der Waals surface area contributed by atoms with Crippen LogP contribution < -0.4 is 11.0 Å². The molecule has 31 heavy (non-hydrogen) atoms. The molecule has 1 amide bonds. The summed E-state index contributed by atoms with van der Waals surface area (Å²) in [5.74, 6) is -0.0110. The van der Waals surface area contributed by atoms with Gasteiger partial charge in [-0.2, -0.15) is 0 Å². The Bertz CT molecular complexity index is 1320. The van der Waals surface area contributed by atoms with Crippen LogP contribution in [0.1, 0.15) is 30.4 Å². The van der Waals surface area contributed by atoms with E-state index < -0.39 is 5.41 Å². The van der Waals surface area contributed by atoms with Crippen LogP contribution in [0.25, 0.3) is 5.65 Å². The first-order valence-corrected chi connectivity index (χ1v) is 10.6. The number of halogens is 1. The molecule has 0 radical (unpaired) electrons. The molecular formula is C24H21ClN4O2. The number of nitrogens with one attached hydrogen (secondary N) is 1. The average molecular weight is 433 g/mol. The third-order valence-corrected chi connectivity index (χ3v) is 6.30. The smallest absolute Gasteiger partial charge is 0.325 e. The molecule has 1 aliphatic rings. The van der Waals surface area contributed by atoms with Gasteiger partial charge in [0.25, 0.3) is 0 Å². The molecule has 1 fully saturated rings. The number of carbonyl (C=O) groups is 1. The topological polar surface area (TPSA) is 68.4 Å². The number of benzene rings is 2.